The first kappa shape index (κ1) is 10.5. The molecule has 0 bridgehead atoms. The van der Waals surface area contributed by atoms with Crippen LogP contribution in [0.15, 0.2) is 0 Å². The molecule has 3 rings (SSSR count). The van der Waals surface area contributed by atoms with E-state index in [1.54, 1.807) is 0 Å². The minimum Gasteiger partial charge on any atom is -0.256 e. The fourth-order valence-corrected chi connectivity index (χ4v) is 2.93. The second-order valence-corrected chi connectivity index (χ2v) is 6.07. The van der Waals surface area contributed by atoms with Gasteiger partial charge in [-0.1, -0.05) is 11.6 Å². The first-order chi connectivity index (χ1) is 7.24. The van der Waals surface area contributed by atoms with Gasteiger partial charge in [-0.2, -0.15) is 13.9 Å². The lowest BCUT2D eigenvalue weighted by Crippen LogP contribution is -2.30. The Bertz CT molecular complexity index is 473. The number of aromatic nitrogens is 2. The van der Waals surface area contributed by atoms with Crippen molar-refractivity contribution in [3.63, 3.8) is 0 Å². The van der Waals surface area contributed by atoms with Crippen molar-refractivity contribution in [2.45, 2.75) is 44.6 Å². The second-order valence-electron chi connectivity index (χ2n) is 5.71. The van der Waals surface area contributed by atoms with Crippen LogP contribution in [0.25, 0.3) is 0 Å². The van der Waals surface area contributed by atoms with Gasteiger partial charge >= 0.3 is 0 Å². The highest BCUT2D eigenvalue weighted by Gasteiger charge is 2.67. The van der Waals surface area contributed by atoms with Crippen molar-refractivity contribution >= 4 is 11.6 Å². The predicted octanol–water partition coefficient (Wildman–Crippen LogP) is 3.50. The molecular formula is C11H13ClF2N2. The van der Waals surface area contributed by atoms with Crippen molar-refractivity contribution in [2.24, 2.45) is 5.92 Å². The summed E-state index contributed by atoms with van der Waals surface area (Å²) in [6.07, 6.45) is 0.551. The molecule has 88 valence electrons. The average Bonchev–Trinajstić information content (AvgIpc) is 2.76. The molecule has 0 spiro atoms. The number of hydrogen-bond acceptors (Lipinski definition) is 1. The van der Waals surface area contributed by atoms with Crippen LogP contribution < -0.4 is 0 Å². The first-order valence-electron chi connectivity index (χ1n) is 5.41. The Hall–Kier alpha value is -0.640. The molecule has 1 fully saturated rings. The van der Waals surface area contributed by atoms with Gasteiger partial charge in [0.15, 0.2) is 5.15 Å². The van der Waals surface area contributed by atoms with Gasteiger partial charge < -0.3 is 0 Å². The van der Waals surface area contributed by atoms with Gasteiger partial charge in [0.1, 0.15) is 5.69 Å². The largest absolute Gasteiger partial charge is 0.293 e. The van der Waals surface area contributed by atoms with Crippen LogP contribution in [0.3, 0.4) is 0 Å². The van der Waals surface area contributed by atoms with Gasteiger partial charge in [-0.25, -0.2) is 0 Å². The van der Waals surface area contributed by atoms with E-state index in [1.807, 2.05) is 20.8 Å². The summed E-state index contributed by atoms with van der Waals surface area (Å²) in [6.45, 7) is 5.57. The van der Waals surface area contributed by atoms with Gasteiger partial charge in [0.05, 0.1) is 5.54 Å². The Morgan fingerprint density at radius 1 is 1.44 bits per heavy atom. The van der Waals surface area contributed by atoms with E-state index < -0.39 is 17.4 Å². The molecule has 5 heteroatoms. The van der Waals surface area contributed by atoms with E-state index in [0.29, 0.717) is 12.0 Å². The zero-order valence-electron chi connectivity index (χ0n) is 9.39. The Labute approximate surface area is 97.6 Å². The van der Waals surface area contributed by atoms with Gasteiger partial charge in [-0.05, 0) is 33.1 Å². The number of fused-ring (bicyclic) bond motifs is 3. The van der Waals surface area contributed by atoms with E-state index >= 15 is 0 Å². The molecule has 2 nitrogen and oxygen atoms in total. The molecule has 1 heterocycles. The minimum absolute atomic E-state index is 0.0475. The SMILES string of the molecule is CC(C)(C)n1nc(Cl)c2c1C(F)(F)[C@@H]1CC21. The molecule has 1 aromatic rings. The highest BCUT2D eigenvalue weighted by atomic mass is 35.5. The van der Waals surface area contributed by atoms with Crippen LogP contribution in [-0.4, -0.2) is 9.78 Å². The minimum atomic E-state index is -2.76. The first-order valence-corrected chi connectivity index (χ1v) is 5.79. The van der Waals surface area contributed by atoms with Gasteiger partial charge in [0.2, 0.25) is 0 Å². The fraction of sp³-hybridized carbons (Fsp3) is 0.727. The van der Waals surface area contributed by atoms with Gasteiger partial charge in [-0.3, -0.25) is 4.68 Å². The maximum atomic E-state index is 14.1. The number of nitrogens with zero attached hydrogens (tertiary/aromatic N) is 2. The monoisotopic (exact) mass is 246 g/mol. The van der Waals surface area contributed by atoms with Crippen molar-refractivity contribution in [2.75, 3.05) is 0 Å². The molecule has 1 unspecified atom stereocenters. The highest BCUT2D eigenvalue weighted by Crippen LogP contribution is 2.68. The zero-order valence-corrected chi connectivity index (χ0v) is 10.1. The van der Waals surface area contributed by atoms with E-state index in [4.69, 9.17) is 11.6 Å². The van der Waals surface area contributed by atoms with Crippen molar-refractivity contribution in [3.8, 4) is 0 Å². The second kappa shape index (κ2) is 2.61. The van der Waals surface area contributed by atoms with E-state index in [2.05, 4.69) is 5.10 Å². The Morgan fingerprint density at radius 2 is 2.06 bits per heavy atom. The number of hydrogen-bond donors (Lipinski definition) is 0. The van der Waals surface area contributed by atoms with Crippen LogP contribution in [0.4, 0.5) is 8.78 Å². The third kappa shape index (κ3) is 1.09. The maximum absolute atomic E-state index is 14.1. The third-order valence-corrected chi connectivity index (χ3v) is 3.73. The molecular weight excluding hydrogens is 234 g/mol. The molecule has 0 amide bonds. The number of alkyl halides is 2. The highest BCUT2D eigenvalue weighted by molar-refractivity contribution is 6.30. The lowest BCUT2D eigenvalue weighted by molar-refractivity contribution is -0.0342. The van der Waals surface area contributed by atoms with Gasteiger partial charge in [-0.15, -0.1) is 0 Å². The normalized spacial score (nSPS) is 30.1. The molecule has 2 aliphatic rings. The fourth-order valence-electron chi connectivity index (χ4n) is 2.63. The Kier molecular flexibility index (Phi) is 1.71. The topological polar surface area (TPSA) is 17.8 Å². The lowest BCUT2D eigenvalue weighted by Gasteiger charge is -2.25. The molecule has 0 aromatic carbocycles. The van der Waals surface area contributed by atoms with Crippen LogP contribution >= 0.6 is 11.6 Å². The summed E-state index contributed by atoms with van der Waals surface area (Å²) in [7, 11) is 0. The summed E-state index contributed by atoms with van der Waals surface area (Å²) in [4.78, 5) is 0. The van der Waals surface area contributed by atoms with Crippen LogP contribution in [-0.2, 0) is 11.5 Å². The smallest absolute Gasteiger partial charge is 0.256 e. The quantitative estimate of drug-likeness (QED) is 0.685. The van der Waals surface area contributed by atoms with Crippen LogP contribution in [0.2, 0.25) is 5.15 Å². The summed E-state index contributed by atoms with van der Waals surface area (Å²) < 4.78 is 29.5. The van der Waals surface area contributed by atoms with Crippen LogP contribution in [0.1, 0.15) is 44.4 Å². The Morgan fingerprint density at radius 3 is 2.62 bits per heavy atom. The molecule has 2 atom stereocenters. The molecule has 0 saturated heterocycles. The van der Waals surface area contributed by atoms with Crippen LogP contribution in [0, 0.1) is 5.92 Å². The van der Waals surface area contributed by atoms with E-state index in [9.17, 15) is 8.78 Å². The van der Waals surface area contributed by atoms with E-state index in [-0.39, 0.29) is 16.8 Å². The zero-order chi connectivity index (χ0) is 11.9. The van der Waals surface area contributed by atoms with Crippen molar-refractivity contribution < 1.29 is 8.78 Å². The summed E-state index contributed by atoms with van der Waals surface area (Å²) >= 11 is 5.98. The van der Waals surface area contributed by atoms with Gasteiger partial charge in [0, 0.05) is 11.5 Å². The van der Waals surface area contributed by atoms with Crippen molar-refractivity contribution in [3.05, 3.63) is 16.4 Å². The molecule has 1 saturated carbocycles. The average molecular weight is 247 g/mol. The summed E-state index contributed by atoms with van der Waals surface area (Å²) in [6, 6.07) is 0. The van der Waals surface area contributed by atoms with Crippen molar-refractivity contribution in [1.82, 2.24) is 9.78 Å². The maximum Gasteiger partial charge on any atom is 0.293 e. The Balaban J connectivity index is 2.26. The molecule has 0 radical (unpaired) electrons. The van der Waals surface area contributed by atoms with E-state index in [1.165, 1.54) is 4.68 Å². The summed E-state index contributed by atoms with van der Waals surface area (Å²) in [5.74, 6) is -3.35. The molecule has 0 aliphatic heterocycles. The molecule has 1 aromatic heterocycles. The number of halogens is 3. The van der Waals surface area contributed by atoms with Crippen molar-refractivity contribution in [1.29, 1.82) is 0 Å². The third-order valence-electron chi connectivity index (χ3n) is 3.46. The lowest BCUT2D eigenvalue weighted by atomic mass is 10.1. The van der Waals surface area contributed by atoms with E-state index in [0.717, 1.165) is 0 Å². The predicted molar refractivity (Wildman–Crippen MR) is 57.0 cm³/mol. The molecule has 0 N–H and O–H groups in total. The summed E-state index contributed by atoms with van der Waals surface area (Å²) in [5, 5.41) is 4.34. The summed E-state index contributed by atoms with van der Waals surface area (Å²) in [5.41, 5.74) is 0.176. The standard InChI is InChI=1S/C11H13ClF2N2/c1-10(2,3)16-8-7(9(12)15-16)5-4-6(5)11(8,13)14/h5-6H,4H2,1-3H3/t5?,6-/m1/s1. The van der Waals surface area contributed by atoms with Crippen LogP contribution in [0.5, 0.6) is 0 Å². The molecule has 16 heavy (non-hydrogen) atoms. The number of rotatable bonds is 0. The molecule has 2 aliphatic carbocycles. The van der Waals surface area contributed by atoms with Gasteiger partial charge in [0.25, 0.3) is 5.92 Å².